The van der Waals surface area contributed by atoms with Crippen LogP contribution < -0.4 is 9.21 Å². The lowest BCUT2D eigenvalue weighted by molar-refractivity contribution is -0.129. The smallest absolute Gasteiger partial charge is 0.254 e. The first kappa shape index (κ1) is 25.3. The van der Waals surface area contributed by atoms with Crippen LogP contribution in [0.2, 0.25) is 5.02 Å². The van der Waals surface area contributed by atoms with E-state index in [1.54, 1.807) is 34.1 Å². The van der Waals surface area contributed by atoms with E-state index in [0.29, 0.717) is 68.8 Å². The molecule has 11 heteroatoms. The van der Waals surface area contributed by atoms with Crippen LogP contribution in [0, 0.1) is 0 Å². The van der Waals surface area contributed by atoms with Crippen LogP contribution in [0.4, 0.5) is 11.4 Å². The fourth-order valence-corrected chi connectivity index (χ4v) is 5.26. The molecule has 0 spiro atoms. The van der Waals surface area contributed by atoms with Crippen molar-refractivity contribution in [1.82, 2.24) is 9.80 Å². The highest BCUT2D eigenvalue weighted by molar-refractivity contribution is 7.92. The average molecular weight is 521 g/mol. The van der Waals surface area contributed by atoms with Crippen molar-refractivity contribution in [3.8, 4) is 0 Å². The summed E-state index contributed by atoms with van der Waals surface area (Å²) in [6.45, 7) is 3.97. The first-order chi connectivity index (χ1) is 16.7. The summed E-state index contributed by atoms with van der Waals surface area (Å²) in [5.74, 6) is -0.394. The zero-order chi connectivity index (χ0) is 25.0. The number of sulfonamides is 1. The standard InChI is InChI=1S/C24H29ClN4O5S/c1-35(32,33)29(21-7-5-19(6-8-21)24(31)28-13-15-34-16-14-28)18-23(30)27-11-9-26(10-12-27)22-4-2-3-20(25)17-22/h2-8,17H,9-16,18H2,1H3. The second-order valence-electron chi connectivity index (χ2n) is 8.57. The van der Waals surface area contributed by atoms with Crippen LogP contribution >= 0.6 is 11.6 Å². The topological polar surface area (TPSA) is 90.5 Å². The number of hydrogen-bond acceptors (Lipinski definition) is 6. The minimum absolute atomic E-state index is 0.126. The van der Waals surface area contributed by atoms with Gasteiger partial charge < -0.3 is 19.4 Å². The van der Waals surface area contributed by atoms with Crippen LogP contribution in [0.15, 0.2) is 48.5 Å². The normalized spacial score (nSPS) is 16.8. The van der Waals surface area contributed by atoms with E-state index in [-0.39, 0.29) is 18.4 Å². The van der Waals surface area contributed by atoms with Crippen molar-refractivity contribution in [2.45, 2.75) is 0 Å². The predicted octanol–water partition coefficient (Wildman–Crippen LogP) is 1.93. The molecule has 4 rings (SSSR count). The summed E-state index contributed by atoms with van der Waals surface area (Å²) < 4.78 is 31.4. The molecule has 2 fully saturated rings. The van der Waals surface area contributed by atoms with Crippen molar-refractivity contribution in [3.05, 3.63) is 59.1 Å². The Labute approximate surface area is 210 Å². The summed E-state index contributed by atoms with van der Waals surface area (Å²) in [7, 11) is -3.71. The molecule has 2 saturated heterocycles. The van der Waals surface area contributed by atoms with Crippen molar-refractivity contribution >= 4 is 44.8 Å². The molecule has 2 aromatic rings. The maximum Gasteiger partial charge on any atom is 0.254 e. The maximum atomic E-state index is 13.0. The molecular weight excluding hydrogens is 492 g/mol. The molecule has 9 nitrogen and oxygen atoms in total. The van der Waals surface area contributed by atoms with Gasteiger partial charge in [0.2, 0.25) is 15.9 Å². The van der Waals surface area contributed by atoms with Gasteiger partial charge in [-0.25, -0.2) is 8.42 Å². The number of halogens is 1. The van der Waals surface area contributed by atoms with Crippen molar-refractivity contribution in [1.29, 1.82) is 0 Å². The summed E-state index contributed by atoms with van der Waals surface area (Å²) in [6.07, 6.45) is 1.07. The summed E-state index contributed by atoms with van der Waals surface area (Å²) in [5, 5.41) is 0.655. The van der Waals surface area contributed by atoms with Crippen molar-refractivity contribution in [2.24, 2.45) is 0 Å². The molecular formula is C24H29ClN4O5S. The third kappa shape index (κ3) is 6.25. The molecule has 0 aliphatic carbocycles. The highest BCUT2D eigenvalue weighted by atomic mass is 35.5. The Hall–Kier alpha value is -2.82. The molecule has 188 valence electrons. The third-order valence-corrected chi connectivity index (χ3v) is 7.56. The second-order valence-corrected chi connectivity index (χ2v) is 10.9. The van der Waals surface area contributed by atoms with E-state index < -0.39 is 10.0 Å². The predicted molar refractivity (Wildman–Crippen MR) is 136 cm³/mol. The molecule has 0 aromatic heterocycles. The Morgan fingerprint density at radius 3 is 2.20 bits per heavy atom. The Morgan fingerprint density at radius 1 is 0.943 bits per heavy atom. The number of amides is 2. The number of rotatable bonds is 6. The number of hydrogen-bond donors (Lipinski definition) is 0. The molecule has 0 atom stereocenters. The van der Waals surface area contributed by atoms with Crippen LogP contribution in [-0.2, 0) is 19.6 Å². The van der Waals surface area contributed by atoms with Gasteiger partial charge in [-0.1, -0.05) is 17.7 Å². The van der Waals surface area contributed by atoms with E-state index in [9.17, 15) is 18.0 Å². The highest BCUT2D eigenvalue weighted by Gasteiger charge is 2.27. The summed E-state index contributed by atoms with van der Waals surface area (Å²) in [4.78, 5) is 31.2. The van der Waals surface area contributed by atoms with Gasteiger partial charge in [-0.15, -0.1) is 0 Å². The van der Waals surface area contributed by atoms with Gasteiger partial charge in [0.25, 0.3) is 5.91 Å². The SMILES string of the molecule is CS(=O)(=O)N(CC(=O)N1CCN(c2cccc(Cl)c2)CC1)c1ccc(C(=O)N2CCOCC2)cc1. The minimum atomic E-state index is -3.71. The van der Waals surface area contributed by atoms with E-state index >= 15 is 0 Å². The van der Waals surface area contributed by atoms with E-state index in [4.69, 9.17) is 16.3 Å². The Kier molecular flexibility index (Phi) is 7.83. The molecule has 35 heavy (non-hydrogen) atoms. The molecule has 0 N–H and O–H groups in total. The lowest BCUT2D eigenvalue weighted by Gasteiger charge is -2.37. The van der Waals surface area contributed by atoms with Crippen molar-refractivity contribution in [3.63, 3.8) is 0 Å². The van der Waals surface area contributed by atoms with Crippen LogP contribution in [0.5, 0.6) is 0 Å². The number of piperazine rings is 1. The maximum absolute atomic E-state index is 13.0. The summed E-state index contributed by atoms with van der Waals surface area (Å²) in [5.41, 5.74) is 1.80. The van der Waals surface area contributed by atoms with Crippen LogP contribution in [-0.4, -0.2) is 95.3 Å². The van der Waals surface area contributed by atoms with Crippen LogP contribution in [0.25, 0.3) is 0 Å². The molecule has 0 saturated carbocycles. The molecule has 2 heterocycles. The molecule has 2 amide bonds. The van der Waals surface area contributed by atoms with Crippen molar-refractivity contribution < 1.29 is 22.7 Å². The molecule has 0 bridgehead atoms. The van der Waals surface area contributed by atoms with Gasteiger partial charge in [0, 0.05) is 55.5 Å². The molecule has 2 aliphatic rings. The number of ether oxygens (including phenoxy) is 1. The minimum Gasteiger partial charge on any atom is -0.378 e. The Bertz CT molecular complexity index is 1160. The van der Waals surface area contributed by atoms with Gasteiger partial charge in [0.05, 0.1) is 25.2 Å². The van der Waals surface area contributed by atoms with E-state index in [2.05, 4.69) is 4.90 Å². The summed E-state index contributed by atoms with van der Waals surface area (Å²) in [6, 6.07) is 13.9. The fraction of sp³-hybridized carbons (Fsp3) is 0.417. The zero-order valence-electron chi connectivity index (χ0n) is 19.6. The van der Waals surface area contributed by atoms with E-state index in [1.165, 1.54) is 0 Å². The molecule has 2 aliphatic heterocycles. The number of anilines is 2. The third-order valence-electron chi connectivity index (χ3n) is 6.19. The first-order valence-electron chi connectivity index (χ1n) is 11.5. The molecule has 2 aromatic carbocycles. The van der Waals surface area contributed by atoms with Gasteiger partial charge >= 0.3 is 0 Å². The quantitative estimate of drug-likeness (QED) is 0.578. The lowest BCUT2D eigenvalue weighted by atomic mass is 10.1. The lowest BCUT2D eigenvalue weighted by Crippen LogP contribution is -2.52. The van der Waals surface area contributed by atoms with Crippen molar-refractivity contribution in [2.75, 3.05) is 74.5 Å². The van der Waals surface area contributed by atoms with Gasteiger partial charge in [0.15, 0.2) is 0 Å². The van der Waals surface area contributed by atoms with Gasteiger partial charge in [0.1, 0.15) is 6.54 Å². The fourth-order valence-electron chi connectivity index (χ4n) is 4.23. The second kappa shape index (κ2) is 10.8. The van der Waals surface area contributed by atoms with Gasteiger partial charge in [-0.05, 0) is 42.5 Å². The van der Waals surface area contributed by atoms with E-state index in [0.717, 1.165) is 16.2 Å². The van der Waals surface area contributed by atoms with Crippen LogP contribution in [0.1, 0.15) is 10.4 Å². The zero-order valence-corrected chi connectivity index (χ0v) is 21.2. The average Bonchev–Trinajstić information content (AvgIpc) is 2.87. The van der Waals surface area contributed by atoms with Gasteiger partial charge in [-0.2, -0.15) is 0 Å². The number of benzene rings is 2. The largest absolute Gasteiger partial charge is 0.378 e. The number of nitrogens with zero attached hydrogens (tertiary/aromatic N) is 4. The monoisotopic (exact) mass is 520 g/mol. The molecule has 0 unspecified atom stereocenters. The number of carbonyl (C=O) groups is 2. The number of carbonyl (C=O) groups excluding carboxylic acids is 2. The summed E-state index contributed by atoms with van der Waals surface area (Å²) >= 11 is 6.09. The Balaban J connectivity index is 1.40. The molecule has 0 radical (unpaired) electrons. The number of morpholine rings is 1. The first-order valence-corrected chi connectivity index (χ1v) is 13.7. The van der Waals surface area contributed by atoms with Crippen LogP contribution in [0.3, 0.4) is 0 Å². The van der Waals surface area contributed by atoms with Gasteiger partial charge in [-0.3, -0.25) is 13.9 Å². The highest BCUT2D eigenvalue weighted by Crippen LogP contribution is 2.22. The van der Waals surface area contributed by atoms with E-state index in [1.807, 2.05) is 24.3 Å². The Morgan fingerprint density at radius 2 is 1.60 bits per heavy atom.